The molecule has 0 aliphatic heterocycles. The lowest BCUT2D eigenvalue weighted by molar-refractivity contribution is 0.415. The fourth-order valence-corrected chi connectivity index (χ4v) is 2.59. The molecule has 0 spiro atoms. The first-order valence-electron chi connectivity index (χ1n) is 5.98. The number of methoxy groups -OCH3 is 1. The molecule has 0 unspecified atom stereocenters. The second-order valence-electron chi connectivity index (χ2n) is 4.18. The van der Waals surface area contributed by atoms with Gasteiger partial charge in [0.25, 0.3) is 0 Å². The number of rotatable bonds is 3. The van der Waals surface area contributed by atoms with Crippen molar-refractivity contribution in [2.75, 3.05) is 12.4 Å². The fraction of sp³-hybridized carbons (Fsp3) is 0.0667. The molecule has 2 heterocycles. The number of pyridine rings is 1. The lowest BCUT2D eigenvalue weighted by Gasteiger charge is -2.10. The second-order valence-corrected chi connectivity index (χ2v) is 4.96. The van der Waals surface area contributed by atoms with Gasteiger partial charge in [0.15, 0.2) is 0 Å². The molecule has 0 radical (unpaired) electrons. The van der Waals surface area contributed by atoms with Crippen LogP contribution in [-0.4, -0.2) is 12.1 Å². The number of benzene rings is 1. The van der Waals surface area contributed by atoms with Gasteiger partial charge in [-0.25, -0.2) is 0 Å². The quantitative estimate of drug-likeness (QED) is 0.790. The van der Waals surface area contributed by atoms with Crippen LogP contribution in [0.1, 0.15) is 5.56 Å². The SMILES string of the molecule is COc1ccc2c(Nc3ccsc3)c(C#N)cnc2c1. The predicted molar refractivity (Wildman–Crippen MR) is 80.6 cm³/mol. The normalized spacial score (nSPS) is 10.2. The van der Waals surface area contributed by atoms with Crippen molar-refractivity contribution in [2.45, 2.75) is 0 Å². The van der Waals surface area contributed by atoms with Gasteiger partial charge in [-0.1, -0.05) is 0 Å². The minimum absolute atomic E-state index is 0.522. The summed E-state index contributed by atoms with van der Waals surface area (Å²) in [5.41, 5.74) is 3.06. The van der Waals surface area contributed by atoms with Gasteiger partial charge in [0.1, 0.15) is 11.8 Å². The summed E-state index contributed by atoms with van der Waals surface area (Å²) < 4.78 is 5.20. The molecule has 0 amide bonds. The Kier molecular flexibility index (Phi) is 3.23. The number of hydrogen-bond acceptors (Lipinski definition) is 5. The van der Waals surface area contributed by atoms with E-state index in [-0.39, 0.29) is 0 Å². The molecule has 0 saturated carbocycles. The number of aromatic nitrogens is 1. The van der Waals surface area contributed by atoms with E-state index in [4.69, 9.17) is 4.74 Å². The zero-order valence-electron chi connectivity index (χ0n) is 10.8. The van der Waals surface area contributed by atoms with Gasteiger partial charge in [-0.15, -0.1) is 0 Å². The predicted octanol–water partition coefficient (Wildman–Crippen LogP) is 3.92. The highest BCUT2D eigenvalue weighted by atomic mass is 32.1. The van der Waals surface area contributed by atoms with Crippen LogP contribution in [0.15, 0.2) is 41.2 Å². The third-order valence-electron chi connectivity index (χ3n) is 2.99. The van der Waals surface area contributed by atoms with Gasteiger partial charge in [0, 0.05) is 28.7 Å². The third-order valence-corrected chi connectivity index (χ3v) is 3.67. The summed E-state index contributed by atoms with van der Waals surface area (Å²) in [6.07, 6.45) is 1.58. The van der Waals surface area contributed by atoms with Crippen molar-refractivity contribution in [1.29, 1.82) is 5.26 Å². The molecule has 3 rings (SSSR count). The Bertz CT molecular complexity index is 791. The Labute approximate surface area is 120 Å². The molecule has 98 valence electrons. The van der Waals surface area contributed by atoms with Crippen LogP contribution in [0.4, 0.5) is 11.4 Å². The molecule has 2 aromatic heterocycles. The molecule has 0 bridgehead atoms. The molecular weight excluding hydrogens is 270 g/mol. The van der Waals surface area contributed by atoms with Crippen LogP contribution in [0.25, 0.3) is 10.9 Å². The summed E-state index contributed by atoms with van der Waals surface area (Å²) in [6.45, 7) is 0. The lowest BCUT2D eigenvalue weighted by Crippen LogP contribution is -1.96. The maximum Gasteiger partial charge on any atom is 0.121 e. The molecule has 0 aliphatic carbocycles. The van der Waals surface area contributed by atoms with E-state index in [1.54, 1.807) is 24.6 Å². The topological polar surface area (TPSA) is 57.9 Å². The molecular formula is C15H11N3OS. The number of thiophene rings is 1. The van der Waals surface area contributed by atoms with Crippen molar-refractivity contribution in [3.8, 4) is 11.8 Å². The number of ether oxygens (including phenoxy) is 1. The molecule has 0 atom stereocenters. The average Bonchev–Trinajstić information content (AvgIpc) is 3.00. The number of nitrogens with one attached hydrogen (secondary N) is 1. The van der Waals surface area contributed by atoms with Crippen molar-refractivity contribution < 1.29 is 4.74 Å². The van der Waals surface area contributed by atoms with Gasteiger partial charge in [0.2, 0.25) is 0 Å². The fourth-order valence-electron chi connectivity index (χ4n) is 2.00. The minimum Gasteiger partial charge on any atom is -0.497 e. The van der Waals surface area contributed by atoms with Crippen molar-refractivity contribution >= 4 is 33.6 Å². The van der Waals surface area contributed by atoms with Gasteiger partial charge in [-0.3, -0.25) is 4.98 Å². The van der Waals surface area contributed by atoms with Crippen molar-refractivity contribution in [3.05, 3.63) is 46.8 Å². The number of fused-ring (bicyclic) bond motifs is 1. The number of hydrogen-bond donors (Lipinski definition) is 1. The van der Waals surface area contributed by atoms with Gasteiger partial charge >= 0.3 is 0 Å². The van der Waals surface area contributed by atoms with Crippen molar-refractivity contribution in [1.82, 2.24) is 4.98 Å². The first-order chi connectivity index (χ1) is 9.81. The Morgan fingerprint density at radius 2 is 2.25 bits per heavy atom. The average molecular weight is 281 g/mol. The van der Waals surface area contributed by atoms with E-state index in [0.717, 1.165) is 28.0 Å². The zero-order chi connectivity index (χ0) is 13.9. The number of nitrogens with zero attached hydrogens (tertiary/aromatic N) is 2. The van der Waals surface area contributed by atoms with E-state index in [1.165, 1.54) is 0 Å². The number of nitriles is 1. The van der Waals surface area contributed by atoms with Crippen LogP contribution in [0.2, 0.25) is 0 Å². The Morgan fingerprint density at radius 1 is 1.35 bits per heavy atom. The molecule has 5 heteroatoms. The summed E-state index contributed by atoms with van der Waals surface area (Å²) in [4.78, 5) is 4.31. The van der Waals surface area contributed by atoms with Crippen LogP contribution in [-0.2, 0) is 0 Å². The monoisotopic (exact) mass is 281 g/mol. The largest absolute Gasteiger partial charge is 0.497 e. The van der Waals surface area contributed by atoms with Gasteiger partial charge in [0.05, 0.1) is 23.9 Å². The second kappa shape index (κ2) is 5.19. The molecule has 4 nitrogen and oxygen atoms in total. The summed E-state index contributed by atoms with van der Waals surface area (Å²) >= 11 is 1.60. The maximum absolute atomic E-state index is 9.26. The minimum atomic E-state index is 0.522. The first kappa shape index (κ1) is 12.5. The molecule has 1 N–H and O–H groups in total. The van der Waals surface area contributed by atoms with Crippen LogP contribution in [0.5, 0.6) is 5.75 Å². The highest BCUT2D eigenvalue weighted by molar-refractivity contribution is 7.08. The van der Waals surface area contributed by atoms with Crippen molar-refractivity contribution in [2.24, 2.45) is 0 Å². The summed E-state index contributed by atoms with van der Waals surface area (Å²) in [5, 5.41) is 17.4. The van der Waals surface area contributed by atoms with Gasteiger partial charge in [-0.05, 0) is 23.6 Å². The summed E-state index contributed by atoms with van der Waals surface area (Å²) in [7, 11) is 1.62. The standard InChI is InChI=1S/C15H11N3OS/c1-19-12-2-3-13-14(6-12)17-8-10(7-16)15(13)18-11-4-5-20-9-11/h2-6,8-9H,1H3,(H,17,18). The van der Waals surface area contributed by atoms with E-state index < -0.39 is 0 Å². The van der Waals surface area contributed by atoms with Crippen LogP contribution in [0.3, 0.4) is 0 Å². The van der Waals surface area contributed by atoms with Gasteiger partial charge in [-0.2, -0.15) is 16.6 Å². The van der Waals surface area contributed by atoms with E-state index in [2.05, 4.69) is 16.4 Å². The van der Waals surface area contributed by atoms with Crippen LogP contribution in [0, 0.1) is 11.3 Å². The van der Waals surface area contributed by atoms with Crippen molar-refractivity contribution in [3.63, 3.8) is 0 Å². The molecule has 0 saturated heterocycles. The molecule has 0 aliphatic rings. The maximum atomic E-state index is 9.26. The third kappa shape index (κ3) is 2.17. The molecule has 20 heavy (non-hydrogen) atoms. The number of anilines is 2. The summed E-state index contributed by atoms with van der Waals surface area (Å²) in [6, 6.07) is 9.78. The molecule has 0 fully saturated rings. The first-order valence-corrected chi connectivity index (χ1v) is 6.92. The highest BCUT2D eigenvalue weighted by Crippen LogP contribution is 2.31. The van der Waals surface area contributed by atoms with Gasteiger partial charge < -0.3 is 10.1 Å². The van der Waals surface area contributed by atoms with E-state index in [0.29, 0.717) is 5.56 Å². The Hall–Kier alpha value is -2.58. The summed E-state index contributed by atoms with van der Waals surface area (Å²) in [5.74, 6) is 0.746. The molecule has 3 aromatic rings. The molecule has 1 aromatic carbocycles. The highest BCUT2D eigenvalue weighted by Gasteiger charge is 2.10. The Morgan fingerprint density at radius 3 is 2.95 bits per heavy atom. The Balaban J connectivity index is 2.18. The zero-order valence-corrected chi connectivity index (χ0v) is 11.6. The van der Waals surface area contributed by atoms with E-state index in [9.17, 15) is 5.26 Å². The smallest absolute Gasteiger partial charge is 0.121 e. The van der Waals surface area contributed by atoms with Crippen LogP contribution < -0.4 is 10.1 Å². The van der Waals surface area contributed by atoms with E-state index >= 15 is 0 Å². The van der Waals surface area contributed by atoms with E-state index in [1.807, 2.05) is 35.0 Å². The lowest BCUT2D eigenvalue weighted by atomic mass is 10.1. The van der Waals surface area contributed by atoms with Crippen LogP contribution >= 0.6 is 11.3 Å².